The molecule has 0 fully saturated rings. The first-order valence-corrected chi connectivity index (χ1v) is 8.38. The molecule has 0 saturated carbocycles. The van der Waals surface area contributed by atoms with Gasteiger partial charge in [0.1, 0.15) is 12.1 Å². The molecule has 3 aromatic rings. The van der Waals surface area contributed by atoms with Crippen molar-refractivity contribution in [3.63, 3.8) is 0 Å². The summed E-state index contributed by atoms with van der Waals surface area (Å²) in [5.41, 5.74) is 0.708. The average molecular weight is 394 g/mol. The average Bonchev–Trinajstić information content (AvgIpc) is 2.66. The fourth-order valence-electron chi connectivity index (χ4n) is 2.51. The zero-order chi connectivity index (χ0) is 19.4. The molecular formula is C19H15ClF3N3O. The van der Waals surface area contributed by atoms with Crippen LogP contribution in [0.1, 0.15) is 17.2 Å². The molecule has 0 amide bonds. The second-order valence-corrected chi connectivity index (χ2v) is 6.20. The molecule has 0 saturated heterocycles. The van der Waals surface area contributed by atoms with E-state index in [9.17, 15) is 18.3 Å². The summed E-state index contributed by atoms with van der Waals surface area (Å²) in [4.78, 5) is 8.14. The number of anilines is 1. The van der Waals surface area contributed by atoms with Crippen molar-refractivity contribution in [3.05, 3.63) is 77.1 Å². The van der Waals surface area contributed by atoms with Crippen LogP contribution in [0, 0.1) is 0 Å². The number of aliphatic hydroxyl groups is 1. The lowest BCUT2D eigenvalue weighted by Gasteiger charge is -2.13. The van der Waals surface area contributed by atoms with Crippen molar-refractivity contribution in [3.8, 4) is 11.3 Å². The monoisotopic (exact) mass is 393 g/mol. The second kappa shape index (κ2) is 7.94. The van der Waals surface area contributed by atoms with Gasteiger partial charge in [0.25, 0.3) is 0 Å². The van der Waals surface area contributed by atoms with Gasteiger partial charge in [-0.05, 0) is 17.7 Å². The summed E-state index contributed by atoms with van der Waals surface area (Å²) in [6, 6.07) is 14.2. The molecule has 140 valence electrons. The van der Waals surface area contributed by atoms with E-state index < -0.39 is 22.9 Å². The largest absolute Gasteiger partial charge is 0.417 e. The van der Waals surface area contributed by atoms with Crippen molar-refractivity contribution < 1.29 is 18.3 Å². The summed E-state index contributed by atoms with van der Waals surface area (Å²) in [6.45, 7) is 0.217. The van der Waals surface area contributed by atoms with Crippen molar-refractivity contribution in [1.82, 2.24) is 9.97 Å². The third-order valence-corrected chi connectivity index (χ3v) is 4.21. The Morgan fingerprint density at radius 2 is 1.78 bits per heavy atom. The van der Waals surface area contributed by atoms with Gasteiger partial charge in [-0.15, -0.1) is 0 Å². The van der Waals surface area contributed by atoms with Crippen molar-refractivity contribution in [2.75, 3.05) is 11.9 Å². The highest BCUT2D eigenvalue weighted by Gasteiger charge is 2.33. The third kappa shape index (κ3) is 4.75. The lowest BCUT2D eigenvalue weighted by Crippen LogP contribution is -2.13. The molecule has 0 aliphatic carbocycles. The molecule has 3 rings (SSSR count). The van der Waals surface area contributed by atoms with Crippen LogP contribution in [0.4, 0.5) is 19.0 Å². The second-order valence-electron chi connectivity index (χ2n) is 5.79. The number of aliphatic hydroxyl groups excluding tert-OH is 1. The smallest absolute Gasteiger partial charge is 0.387 e. The molecular weight excluding hydrogens is 379 g/mol. The van der Waals surface area contributed by atoms with E-state index in [1.807, 2.05) is 30.3 Å². The van der Waals surface area contributed by atoms with E-state index in [1.165, 1.54) is 18.5 Å². The van der Waals surface area contributed by atoms with Gasteiger partial charge in [-0.1, -0.05) is 48.0 Å². The maximum atomic E-state index is 12.8. The van der Waals surface area contributed by atoms with Crippen molar-refractivity contribution in [2.24, 2.45) is 0 Å². The molecule has 2 N–H and O–H groups in total. The quantitative estimate of drug-likeness (QED) is 0.643. The fourth-order valence-corrected chi connectivity index (χ4v) is 2.80. The standard InChI is InChI=1S/C19H15ClF3N3O/c20-15-8-13(6-7-14(15)19(21,22)23)16-9-18(26-11-25-16)24-10-17(27)12-4-2-1-3-5-12/h1-9,11,17,27H,10H2,(H,24,25,26)/t17-/m1/s1. The van der Waals surface area contributed by atoms with Crippen LogP contribution in [0.25, 0.3) is 11.3 Å². The number of benzene rings is 2. The van der Waals surface area contributed by atoms with E-state index in [0.717, 1.165) is 11.6 Å². The maximum Gasteiger partial charge on any atom is 0.417 e. The maximum absolute atomic E-state index is 12.8. The van der Waals surface area contributed by atoms with Crippen LogP contribution in [-0.4, -0.2) is 21.6 Å². The van der Waals surface area contributed by atoms with E-state index in [2.05, 4.69) is 15.3 Å². The Balaban J connectivity index is 1.75. The molecule has 0 bridgehead atoms. The van der Waals surface area contributed by atoms with Crippen molar-refractivity contribution >= 4 is 17.4 Å². The van der Waals surface area contributed by atoms with Crippen LogP contribution in [0.15, 0.2) is 60.9 Å². The number of nitrogens with zero attached hydrogens (tertiary/aromatic N) is 2. The number of hydrogen-bond donors (Lipinski definition) is 2. The number of rotatable bonds is 5. The Kier molecular flexibility index (Phi) is 5.62. The van der Waals surface area contributed by atoms with E-state index >= 15 is 0 Å². The molecule has 4 nitrogen and oxygen atoms in total. The number of alkyl halides is 3. The molecule has 1 heterocycles. The Bertz CT molecular complexity index is 920. The van der Waals surface area contributed by atoms with Crippen LogP contribution in [0.5, 0.6) is 0 Å². The SMILES string of the molecule is O[C@H](CNc1cc(-c2ccc(C(F)(F)F)c(Cl)c2)ncn1)c1ccccc1. The van der Waals surface area contributed by atoms with Gasteiger partial charge in [0.15, 0.2) is 0 Å². The van der Waals surface area contributed by atoms with Crippen LogP contribution < -0.4 is 5.32 Å². The topological polar surface area (TPSA) is 58.0 Å². The van der Waals surface area contributed by atoms with E-state index in [1.54, 1.807) is 6.07 Å². The fraction of sp³-hybridized carbons (Fsp3) is 0.158. The number of halogens is 4. The summed E-state index contributed by atoms with van der Waals surface area (Å²) in [6.07, 6.45) is -3.95. The molecule has 0 aliphatic heterocycles. The molecule has 0 radical (unpaired) electrons. The van der Waals surface area contributed by atoms with Crippen molar-refractivity contribution in [2.45, 2.75) is 12.3 Å². The van der Waals surface area contributed by atoms with Gasteiger partial charge in [-0.25, -0.2) is 9.97 Å². The van der Waals surface area contributed by atoms with Gasteiger partial charge in [0.05, 0.1) is 22.4 Å². The predicted octanol–water partition coefficient (Wildman–Crippen LogP) is 4.96. The highest BCUT2D eigenvalue weighted by molar-refractivity contribution is 6.31. The molecule has 2 aromatic carbocycles. The summed E-state index contributed by atoms with van der Waals surface area (Å²) in [5, 5.41) is 12.8. The van der Waals surface area contributed by atoms with Crippen molar-refractivity contribution in [1.29, 1.82) is 0 Å². The minimum absolute atomic E-state index is 0.217. The summed E-state index contributed by atoms with van der Waals surface area (Å²) in [5.74, 6) is 0.436. The number of hydrogen-bond acceptors (Lipinski definition) is 4. The Labute approximate surface area is 158 Å². The Morgan fingerprint density at radius 1 is 1.04 bits per heavy atom. The molecule has 1 aromatic heterocycles. The molecule has 27 heavy (non-hydrogen) atoms. The molecule has 8 heteroatoms. The summed E-state index contributed by atoms with van der Waals surface area (Å²) in [7, 11) is 0. The van der Waals surface area contributed by atoms with Gasteiger partial charge >= 0.3 is 6.18 Å². The predicted molar refractivity (Wildman–Crippen MR) is 97.4 cm³/mol. The van der Waals surface area contributed by atoms with Crippen LogP contribution in [0.2, 0.25) is 5.02 Å². The van der Waals surface area contributed by atoms with Crippen LogP contribution >= 0.6 is 11.6 Å². The lowest BCUT2D eigenvalue weighted by atomic mass is 10.1. The van der Waals surface area contributed by atoms with Gasteiger partial charge in [0.2, 0.25) is 0 Å². The van der Waals surface area contributed by atoms with Gasteiger partial charge in [-0.2, -0.15) is 13.2 Å². The summed E-state index contributed by atoms with van der Waals surface area (Å²) < 4.78 is 38.5. The minimum Gasteiger partial charge on any atom is -0.387 e. The number of aromatic nitrogens is 2. The highest BCUT2D eigenvalue weighted by atomic mass is 35.5. The van der Waals surface area contributed by atoms with Crippen LogP contribution in [0.3, 0.4) is 0 Å². The van der Waals surface area contributed by atoms with Gasteiger partial charge in [0, 0.05) is 18.2 Å². The van der Waals surface area contributed by atoms with Gasteiger partial charge < -0.3 is 10.4 Å². The zero-order valence-corrected chi connectivity index (χ0v) is 14.7. The normalized spacial score (nSPS) is 12.6. The first kappa shape index (κ1) is 19.1. The Hall–Kier alpha value is -2.64. The first-order valence-electron chi connectivity index (χ1n) is 8.00. The number of nitrogens with one attached hydrogen (secondary N) is 1. The molecule has 1 atom stereocenters. The first-order chi connectivity index (χ1) is 12.8. The molecule has 0 unspecified atom stereocenters. The van der Waals surface area contributed by atoms with E-state index in [-0.39, 0.29) is 6.54 Å². The van der Waals surface area contributed by atoms with Gasteiger partial charge in [-0.3, -0.25) is 0 Å². The third-order valence-electron chi connectivity index (χ3n) is 3.90. The van der Waals surface area contributed by atoms with Crippen LogP contribution in [-0.2, 0) is 6.18 Å². The van der Waals surface area contributed by atoms with E-state index in [4.69, 9.17) is 11.6 Å². The van der Waals surface area contributed by atoms with E-state index in [0.29, 0.717) is 17.1 Å². The lowest BCUT2D eigenvalue weighted by molar-refractivity contribution is -0.137. The Morgan fingerprint density at radius 3 is 2.44 bits per heavy atom. The summed E-state index contributed by atoms with van der Waals surface area (Å²) >= 11 is 5.76. The zero-order valence-electron chi connectivity index (χ0n) is 13.9. The molecule has 0 spiro atoms. The highest BCUT2D eigenvalue weighted by Crippen LogP contribution is 2.36. The minimum atomic E-state index is -4.51. The molecule has 0 aliphatic rings.